The number of nitrogens with zero attached hydrogens (tertiary/aromatic N) is 2. The van der Waals surface area contributed by atoms with Crippen molar-refractivity contribution in [2.45, 2.75) is 11.4 Å². The summed E-state index contributed by atoms with van der Waals surface area (Å²) in [7, 11) is 0. The van der Waals surface area contributed by atoms with Gasteiger partial charge in [-0.25, -0.2) is 9.97 Å². The quantitative estimate of drug-likeness (QED) is 0.308. The van der Waals surface area contributed by atoms with E-state index in [1.165, 1.54) is 29.4 Å². The Hall–Kier alpha value is -3.23. The molecule has 2 amide bonds. The Morgan fingerprint density at radius 1 is 0.968 bits per heavy atom. The van der Waals surface area contributed by atoms with E-state index < -0.39 is 0 Å². The SMILES string of the molecule is O=C(CSc1ncnc2sccc12)Nc1ccccc1C(=O)NCCc1ccccc1. The van der Waals surface area contributed by atoms with E-state index in [4.69, 9.17) is 0 Å². The molecule has 156 valence electrons. The van der Waals surface area contributed by atoms with Crippen LogP contribution in [0.25, 0.3) is 10.2 Å². The molecule has 8 heteroatoms. The molecule has 0 unspecified atom stereocenters. The maximum absolute atomic E-state index is 12.7. The zero-order chi connectivity index (χ0) is 21.5. The lowest BCUT2D eigenvalue weighted by Crippen LogP contribution is -2.27. The fraction of sp³-hybridized carbons (Fsp3) is 0.130. The van der Waals surface area contributed by atoms with Gasteiger partial charge in [0.1, 0.15) is 16.2 Å². The molecule has 0 bridgehead atoms. The predicted octanol–water partition coefficient (Wildman–Crippen LogP) is 4.39. The lowest BCUT2D eigenvalue weighted by atomic mass is 10.1. The minimum absolute atomic E-state index is 0.186. The van der Waals surface area contributed by atoms with Crippen LogP contribution in [0.2, 0.25) is 0 Å². The second-order valence-corrected chi connectivity index (χ2v) is 8.55. The third-order valence-corrected chi connectivity index (χ3v) is 6.38. The van der Waals surface area contributed by atoms with Crippen LogP contribution in [0.15, 0.2) is 77.4 Å². The summed E-state index contributed by atoms with van der Waals surface area (Å²) in [5.74, 6) is -0.224. The molecule has 2 heterocycles. The largest absolute Gasteiger partial charge is 0.352 e. The second kappa shape index (κ2) is 10.2. The Morgan fingerprint density at radius 2 is 1.77 bits per heavy atom. The number of rotatable bonds is 8. The molecule has 0 aliphatic heterocycles. The summed E-state index contributed by atoms with van der Waals surface area (Å²) >= 11 is 2.89. The number of thioether (sulfide) groups is 1. The first-order chi connectivity index (χ1) is 15.2. The van der Waals surface area contributed by atoms with E-state index in [0.29, 0.717) is 17.8 Å². The first-order valence-corrected chi connectivity index (χ1v) is 11.6. The molecule has 2 aromatic heterocycles. The minimum atomic E-state index is -0.213. The van der Waals surface area contributed by atoms with Gasteiger partial charge in [-0.2, -0.15) is 0 Å². The fourth-order valence-corrected chi connectivity index (χ4v) is 4.63. The van der Waals surface area contributed by atoms with Gasteiger partial charge in [-0.05, 0) is 35.6 Å². The highest BCUT2D eigenvalue weighted by Gasteiger charge is 2.14. The monoisotopic (exact) mass is 448 g/mol. The van der Waals surface area contributed by atoms with Crippen molar-refractivity contribution in [2.75, 3.05) is 17.6 Å². The van der Waals surface area contributed by atoms with Crippen LogP contribution in [0.5, 0.6) is 0 Å². The molecule has 0 spiro atoms. The van der Waals surface area contributed by atoms with E-state index in [-0.39, 0.29) is 17.6 Å². The lowest BCUT2D eigenvalue weighted by Gasteiger charge is -2.11. The van der Waals surface area contributed by atoms with Gasteiger partial charge in [-0.3, -0.25) is 9.59 Å². The van der Waals surface area contributed by atoms with Gasteiger partial charge in [0.25, 0.3) is 5.91 Å². The van der Waals surface area contributed by atoms with Crippen LogP contribution in [0.3, 0.4) is 0 Å². The normalized spacial score (nSPS) is 10.7. The van der Waals surface area contributed by atoms with E-state index in [0.717, 1.165) is 27.2 Å². The molecule has 0 fully saturated rings. The first-order valence-electron chi connectivity index (χ1n) is 9.73. The Morgan fingerprint density at radius 3 is 2.65 bits per heavy atom. The van der Waals surface area contributed by atoms with Crippen molar-refractivity contribution in [3.05, 3.63) is 83.5 Å². The number of anilines is 1. The molecule has 2 N–H and O–H groups in total. The maximum atomic E-state index is 12.7. The zero-order valence-corrected chi connectivity index (χ0v) is 18.2. The highest BCUT2D eigenvalue weighted by molar-refractivity contribution is 8.00. The second-order valence-electron chi connectivity index (χ2n) is 6.69. The summed E-state index contributed by atoms with van der Waals surface area (Å²) in [4.78, 5) is 34.6. The van der Waals surface area contributed by atoms with Crippen LogP contribution in [0.1, 0.15) is 15.9 Å². The molecule has 0 aliphatic carbocycles. The Labute approximate surface area is 188 Å². The van der Waals surface area contributed by atoms with Crippen LogP contribution in [-0.4, -0.2) is 34.1 Å². The molecule has 0 saturated heterocycles. The van der Waals surface area contributed by atoms with Crippen molar-refractivity contribution in [2.24, 2.45) is 0 Å². The molecular formula is C23H20N4O2S2. The van der Waals surface area contributed by atoms with Gasteiger partial charge in [-0.1, -0.05) is 54.2 Å². The van der Waals surface area contributed by atoms with E-state index in [9.17, 15) is 9.59 Å². The van der Waals surface area contributed by atoms with Crippen molar-refractivity contribution < 1.29 is 9.59 Å². The van der Waals surface area contributed by atoms with Crippen molar-refractivity contribution in [1.29, 1.82) is 0 Å². The third kappa shape index (κ3) is 5.48. The number of aromatic nitrogens is 2. The highest BCUT2D eigenvalue weighted by Crippen LogP contribution is 2.27. The number of carbonyl (C=O) groups excluding carboxylic acids is 2. The van der Waals surface area contributed by atoms with Gasteiger partial charge >= 0.3 is 0 Å². The summed E-state index contributed by atoms with van der Waals surface area (Å²) < 4.78 is 0. The van der Waals surface area contributed by atoms with Gasteiger partial charge in [0.15, 0.2) is 0 Å². The van der Waals surface area contributed by atoms with Crippen molar-refractivity contribution in [3.63, 3.8) is 0 Å². The molecule has 4 aromatic rings. The van der Waals surface area contributed by atoms with E-state index in [1.54, 1.807) is 24.3 Å². The van der Waals surface area contributed by atoms with Crippen molar-refractivity contribution in [1.82, 2.24) is 15.3 Å². The summed E-state index contributed by atoms with van der Waals surface area (Å²) in [6.45, 7) is 0.519. The number of hydrogen-bond acceptors (Lipinski definition) is 6. The van der Waals surface area contributed by atoms with Gasteiger partial charge in [0, 0.05) is 11.9 Å². The molecule has 2 aromatic carbocycles. The number of fused-ring (bicyclic) bond motifs is 1. The lowest BCUT2D eigenvalue weighted by molar-refractivity contribution is -0.113. The predicted molar refractivity (Wildman–Crippen MR) is 126 cm³/mol. The molecule has 6 nitrogen and oxygen atoms in total. The van der Waals surface area contributed by atoms with Crippen molar-refractivity contribution >= 4 is 50.8 Å². The van der Waals surface area contributed by atoms with Crippen LogP contribution in [-0.2, 0) is 11.2 Å². The van der Waals surface area contributed by atoms with Crippen LogP contribution >= 0.6 is 23.1 Å². The maximum Gasteiger partial charge on any atom is 0.253 e. The molecule has 0 radical (unpaired) electrons. The third-order valence-electron chi connectivity index (χ3n) is 4.55. The Balaban J connectivity index is 1.34. The minimum Gasteiger partial charge on any atom is -0.352 e. The standard InChI is InChI=1S/C23H20N4O2S2/c28-20(14-31-23-18-11-13-30-22(18)25-15-26-23)27-19-9-5-4-8-17(19)21(29)24-12-10-16-6-2-1-3-7-16/h1-9,11,13,15H,10,12,14H2,(H,24,29)(H,27,28). The average Bonchev–Trinajstić information content (AvgIpc) is 3.28. The van der Waals surface area contributed by atoms with E-state index in [2.05, 4.69) is 20.6 Å². The number of thiophene rings is 1. The van der Waals surface area contributed by atoms with Crippen LogP contribution in [0.4, 0.5) is 5.69 Å². The number of nitrogens with one attached hydrogen (secondary N) is 2. The molecule has 0 saturated carbocycles. The summed E-state index contributed by atoms with van der Waals surface area (Å²) in [5.41, 5.74) is 2.09. The molecule has 4 rings (SSSR count). The molecular weight excluding hydrogens is 428 g/mol. The topological polar surface area (TPSA) is 84.0 Å². The fourth-order valence-electron chi connectivity index (χ4n) is 3.05. The highest BCUT2D eigenvalue weighted by atomic mass is 32.2. The van der Waals surface area contributed by atoms with E-state index in [1.807, 2.05) is 41.8 Å². The number of para-hydroxylation sites is 1. The molecule has 0 atom stereocenters. The zero-order valence-electron chi connectivity index (χ0n) is 16.6. The first kappa shape index (κ1) is 21.0. The average molecular weight is 449 g/mol. The number of amides is 2. The van der Waals surface area contributed by atoms with Gasteiger partial charge in [0.05, 0.1) is 17.0 Å². The van der Waals surface area contributed by atoms with Crippen molar-refractivity contribution in [3.8, 4) is 0 Å². The van der Waals surface area contributed by atoms with E-state index >= 15 is 0 Å². The Bertz CT molecular complexity index is 1190. The number of hydrogen-bond donors (Lipinski definition) is 2. The summed E-state index contributed by atoms with van der Waals surface area (Å²) in [5, 5.41) is 9.45. The number of benzene rings is 2. The van der Waals surface area contributed by atoms with Crippen LogP contribution in [0, 0.1) is 0 Å². The molecule has 0 aliphatic rings. The smallest absolute Gasteiger partial charge is 0.253 e. The summed E-state index contributed by atoms with van der Waals surface area (Å²) in [6, 6.07) is 18.9. The van der Waals surface area contributed by atoms with Gasteiger partial charge in [0.2, 0.25) is 5.91 Å². The van der Waals surface area contributed by atoms with Gasteiger partial charge < -0.3 is 10.6 Å². The Kier molecular flexibility index (Phi) is 6.91. The molecule has 31 heavy (non-hydrogen) atoms. The summed E-state index contributed by atoms with van der Waals surface area (Å²) in [6.07, 6.45) is 2.25. The number of carbonyl (C=O) groups is 2. The van der Waals surface area contributed by atoms with Crippen LogP contribution < -0.4 is 10.6 Å². The van der Waals surface area contributed by atoms with Gasteiger partial charge in [-0.15, -0.1) is 11.3 Å².